The molecule has 2 rings (SSSR count). The summed E-state index contributed by atoms with van der Waals surface area (Å²) in [4.78, 5) is 17.9. The molecule has 0 aromatic heterocycles. The first-order valence-corrected chi connectivity index (χ1v) is 10.3. The van der Waals surface area contributed by atoms with Gasteiger partial charge in [-0.15, -0.1) is 0 Å². The predicted octanol–water partition coefficient (Wildman–Crippen LogP) is 5.48. The van der Waals surface area contributed by atoms with Gasteiger partial charge >= 0.3 is 0 Å². The van der Waals surface area contributed by atoms with Crippen molar-refractivity contribution in [2.45, 2.75) is 48.0 Å². The quantitative estimate of drug-likeness (QED) is 0.549. The third kappa shape index (κ3) is 4.52. The lowest BCUT2D eigenvalue weighted by Gasteiger charge is -2.23. The topological polar surface area (TPSA) is 23.6 Å². The molecule has 0 N–H and O–H groups in total. The summed E-state index contributed by atoms with van der Waals surface area (Å²) in [6, 6.07) is 12.5. The fraction of sp³-hybridized carbons (Fsp3) is 0.458. The second-order valence-corrected chi connectivity index (χ2v) is 6.87. The molecule has 0 saturated carbocycles. The molecule has 3 nitrogen and oxygen atoms in total. The molecular formula is C24H34N2O. The van der Waals surface area contributed by atoms with E-state index in [2.05, 4.69) is 68.7 Å². The summed E-state index contributed by atoms with van der Waals surface area (Å²) < 4.78 is 0. The molecule has 0 bridgehead atoms. The highest BCUT2D eigenvalue weighted by molar-refractivity contribution is 6.11. The van der Waals surface area contributed by atoms with E-state index in [4.69, 9.17) is 0 Å². The number of anilines is 2. The van der Waals surface area contributed by atoms with E-state index in [9.17, 15) is 4.79 Å². The number of carbonyl (C=O) groups excluding carboxylic acids is 1. The Balaban J connectivity index is 2.40. The molecule has 0 fully saturated rings. The molecule has 0 atom stereocenters. The minimum Gasteiger partial charge on any atom is -0.372 e. The largest absolute Gasteiger partial charge is 0.372 e. The summed E-state index contributed by atoms with van der Waals surface area (Å²) in [7, 11) is 0. The van der Waals surface area contributed by atoms with Gasteiger partial charge in [-0.25, -0.2) is 0 Å². The van der Waals surface area contributed by atoms with Gasteiger partial charge in [0.2, 0.25) is 0 Å². The van der Waals surface area contributed by atoms with Gasteiger partial charge in [0.25, 0.3) is 0 Å². The van der Waals surface area contributed by atoms with E-state index in [-0.39, 0.29) is 5.78 Å². The van der Waals surface area contributed by atoms with Gasteiger partial charge in [-0.2, -0.15) is 0 Å². The first-order chi connectivity index (χ1) is 13.0. The predicted molar refractivity (Wildman–Crippen MR) is 118 cm³/mol. The van der Waals surface area contributed by atoms with Gasteiger partial charge in [0.05, 0.1) is 0 Å². The molecule has 0 aliphatic heterocycles. The maximum Gasteiger partial charge on any atom is 0.193 e. The Morgan fingerprint density at radius 1 is 0.741 bits per heavy atom. The van der Waals surface area contributed by atoms with Crippen molar-refractivity contribution >= 4 is 17.2 Å². The van der Waals surface area contributed by atoms with Crippen LogP contribution in [-0.4, -0.2) is 32.0 Å². The molecule has 0 saturated heterocycles. The average molecular weight is 367 g/mol. The van der Waals surface area contributed by atoms with Crippen molar-refractivity contribution in [1.82, 2.24) is 0 Å². The zero-order valence-electron chi connectivity index (χ0n) is 17.8. The lowest BCUT2D eigenvalue weighted by Crippen LogP contribution is -2.22. The highest BCUT2D eigenvalue weighted by Gasteiger charge is 2.17. The minimum atomic E-state index is 0.126. The smallest absolute Gasteiger partial charge is 0.193 e. The number of hydrogen-bond donors (Lipinski definition) is 0. The van der Waals surface area contributed by atoms with Crippen LogP contribution in [0.3, 0.4) is 0 Å². The summed E-state index contributed by atoms with van der Waals surface area (Å²) in [6.45, 7) is 16.7. The van der Waals surface area contributed by atoms with Crippen LogP contribution in [0.25, 0.3) is 0 Å². The zero-order chi connectivity index (χ0) is 20.0. The van der Waals surface area contributed by atoms with Crippen LogP contribution in [0.15, 0.2) is 36.4 Å². The molecule has 3 heteroatoms. The standard InChI is InChI=1S/C24H34N2O/c1-7-19-17-21(26(10-4)11-5)13-15-23(19)24(27)22-14-12-20(16-18(22)6)25(8-2)9-3/h12-17H,7-11H2,1-6H3. The molecule has 0 spiro atoms. The van der Waals surface area contributed by atoms with E-state index < -0.39 is 0 Å². The third-order valence-electron chi connectivity index (χ3n) is 5.43. The summed E-state index contributed by atoms with van der Waals surface area (Å²) in [6.07, 6.45) is 0.854. The van der Waals surface area contributed by atoms with E-state index in [1.807, 2.05) is 19.1 Å². The first kappa shape index (κ1) is 21.0. The lowest BCUT2D eigenvalue weighted by atomic mass is 9.93. The van der Waals surface area contributed by atoms with Crippen LogP contribution >= 0.6 is 0 Å². The Labute approximate surface area is 165 Å². The second kappa shape index (κ2) is 9.59. The molecule has 0 radical (unpaired) electrons. The number of nitrogens with zero attached hydrogens (tertiary/aromatic N) is 2. The molecule has 0 unspecified atom stereocenters. The minimum absolute atomic E-state index is 0.126. The van der Waals surface area contributed by atoms with Crippen molar-refractivity contribution in [1.29, 1.82) is 0 Å². The molecule has 0 aliphatic carbocycles. The van der Waals surface area contributed by atoms with Crippen molar-refractivity contribution < 1.29 is 4.79 Å². The number of aryl methyl sites for hydroxylation is 2. The Bertz CT molecular complexity index is 774. The zero-order valence-corrected chi connectivity index (χ0v) is 17.8. The van der Waals surface area contributed by atoms with E-state index in [0.29, 0.717) is 0 Å². The van der Waals surface area contributed by atoms with Gasteiger partial charge in [-0.1, -0.05) is 6.92 Å². The van der Waals surface area contributed by atoms with Crippen molar-refractivity contribution in [3.63, 3.8) is 0 Å². The van der Waals surface area contributed by atoms with Crippen LogP contribution in [-0.2, 0) is 6.42 Å². The Hall–Kier alpha value is -2.29. The van der Waals surface area contributed by atoms with E-state index >= 15 is 0 Å². The van der Waals surface area contributed by atoms with Gasteiger partial charge in [-0.05, 0) is 88.6 Å². The normalized spacial score (nSPS) is 10.7. The SMILES string of the molecule is CCc1cc(N(CC)CC)ccc1C(=O)c1ccc(N(CC)CC)cc1C. The second-order valence-electron chi connectivity index (χ2n) is 6.87. The van der Waals surface area contributed by atoms with Crippen molar-refractivity contribution in [3.05, 3.63) is 58.7 Å². The Morgan fingerprint density at radius 2 is 1.22 bits per heavy atom. The number of carbonyl (C=O) groups is 1. The van der Waals surface area contributed by atoms with Crippen LogP contribution in [0.2, 0.25) is 0 Å². The van der Waals surface area contributed by atoms with Crippen LogP contribution in [0, 0.1) is 6.92 Å². The van der Waals surface area contributed by atoms with E-state index in [0.717, 1.165) is 54.9 Å². The first-order valence-electron chi connectivity index (χ1n) is 10.3. The van der Waals surface area contributed by atoms with E-state index in [1.165, 1.54) is 11.4 Å². The third-order valence-corrected chi connectivity index (χ3v) is 5.43. The summed E-state index contributed by atoms with van der Waals surface area (Å²) in [5.41, 5.74) is 6.17. The average Bonchev–Trinajstić information content (AvgIpc) is 2.69. The highest BCUT2D eigenvalue weighted by Crippen LogP contribution is 2.26. The van der Waals surface area contributed by atoms with Crippen LogP contribution in [0.5, 0.6) is 0 Å². The molecule has 0 aliphatic rings. The van der Waals surface area contributed by atoms with Crippen LogP contribution in [0.4, 0.5) is 11.4 Å². The monoisotopic (exact) mass is 366 g/mol. The number of benzene rings is 2. The Morgan fingerprint density at radius 3 is 1.67 bits per heavy atom. The fourth-order valence-corrected chi connectivity index (χ4v) is 3.71. The van der Waals surface area contributed by atoms with Gasteiger partial charge < -0.3 is 9.80 Å². The maximum atomic E-state index is 13.3. The summed E-state index contributed by atoms with van der Waals surface area (Å²) >= 11 is 0. The molecule has 0 amide bonds. The lowest BCUT2D eigenvalue weighted by molar-refractivity contribution is 0.103. The van der Waals surface area contributed by atoms with Crippen molar-refractivity contribution in [2.75, 3.05) is 36.0 Å². The van der Waals surface area contributed by atoms with E-state index in [1.54, 1.807) is 0 Å². The van der Waals surface area contributed by atoms with Gasteiger partial charge in [0.15, 0.2) is 5.78 Å². The van der Waals surface area contributed by atoms with Gasteiger partial charge in [0, 0.05) is 48.7 Å². The molecule has 2 aromatic rings. The molecule has 146 valence electrons. The fourth-order valence-electron chi connectivity index (χ4n) is 3.71. The van der Waals surface area contributed by atoms with Crippen LogP contribution < -0.4 is 9.80 Å². The molecule has 27 heavy (non-hydrogen) atoms. The summed E-state index contributed by atoms with van der Waals surface area (Å²) in [5.74, 6) is 0.126. The number of rotatable bonds is 9. The van der Waals surface area contributed by atoms with Gasteiger partial charge in [-0.3, -0.25) is 4.79 Å². The number of hydrogen-bond acceptors (Lipinski definition) is 3. The summed E-state index contributed by atoms with van der Waals surface area (Å²) in [5, 5.41) is 0. The number of ketones is 1. The molecular weight excluding hydrogens is 332 g/mol. The van der Waals surface area contributed by atoms with Gasteiger partial charge in [0.1, 0.15) is 0 Å². The molecule has 0 heterocycles. The maximum absolute atomic E-state index is 13.3. The Kier molecular flexibility index (Phi) is 7.46. The van der Waals surface area contributed by atoms with Crippen molar-refractivity contribution in [2.24, 2.45) is 0 Å². The molecule has 2 aromatic carbocycles. The highest BCUT2D eigenvalue weighted by atomic mass is 16.1. The van der Waals surface area contributed by atoms with Crippen LogP contribution in [0.1, 0.15) is 61.7 Å². The van der Waals surface area contributed by atoms with Crippen molar-refractivity contribution in [3.8, 4) is 0 Å².